The Kier molecular flexibility index (Phi) is 5.42. The molecule has 0 spiro atoms. The summed E-state index contributed by atoms with van der Waals surface area (Å²) in [5.74, 6) is -0.255. The van der Waals surface area contributed by atoms with Gasteiger partial charge in [0.15, 0.2) is 0 Å². The van der Waals surface area contributed by atoms with Gasteiger partial charge in [0.2, 0.25) is 5.91 Å². The molecule has 5 heteroatoms. The highest BCUT2D eigenvalue weighted by atomic mass is 19.1. The largest absolute Gasteiger partial charge is 0.493 e. The lowest BCUT2D eigenvalue weighted by molar-refractivity contribution is -0.121. The Morgan fingerprint density at radius 2 is 2.24 bits per heavy atom. The second-order valence-electron chi connectivity index (χ2n) is 3.51. The monoisotopic (exact) mass is 241 g/mol. The number of aliphatic hydroxyl groups excluding tert-OH is 1. The smallest absolute Gasteiger partial charge is 0.223 e. The lowest BCUT2D eigenvalue weighted by Crippen LogP contribution is -2.24. The molecule has 2 N–H and O–H groups in total. The molecule has 0 fully saturated rings. The molecule has 0 aromatic heterocycles. The van der Waals surface area contributed by atoms with Crippen LogP contribution in [0.2, 0.25) is 0 Å². The van der Waals surface area contributed by atoms with Crippen molar-refractivity contribution in [1.82, 2.24) is 5.32 Å². The summed E-state index contributed by atoms with van der Waals surface area (Å²) in [5.41, 5.74) is 0.443. The first-order valence-corrected chi connectivity index (χ1v) is 5.45. The zero-order chi connectivity index (χ0) is 12.7. The maximum Gasteiger partial charge on any atom is 0.223 e. The Morgan fingerprint density at radius 1 is 1.47 bits per heavy atom. The first kappa shape index (κ1) is 13.4. The predicted molar refractivity (Wildman–Crippen MR) is 61.1 cm³/mol. The SMILES string of the molecule is CCNC(=O)CCOc1cc(F)cc(CO)c1. The summed E-state index contributed by atoms with van der Waals surface area (Å²) in [4.78, 5) is 11.1. The molecule has 0 radical (unpaired) electrons. The molecule has 1 rings (SSSR count). The Labute approximate surface area is 99.4 Å². The summed E-state index contributed by atoms with van der Waals surface area (Å²) in [6.45, 7) is 2.34. The summed E-state index contributed by atoms with van der Waals surface area (Å²) in [7, 11) is 0. The van der Waals surface area contributed by atoms with Crippen molar-refractivity contribution >= 4 is 5.91 Å². The second-order valence-corrected chi connectivity index (χ2v) is 3.51. The molecule has 0 heterocycles. The van der Waals surface area contributed by atoms with E-state index in [1.165, 1.54) is 12.1 Å². The van der Waals surface area contributed by atoms with Crippen LogP contribution < -0.4 is 10.1 Å². The molecule has 1 amide bonds. The van der Waals surface area contributed by atoms with E-state index in [1.54, 1.807) is 6.07 Å². The number of hydrogen-bond donors (Lipinski definition) is 2. The van der Waals surface area contributed by atoms with Crippen LogP contribution in [0.5, 0.6) is 5.75 Å². The summed E-state index contributed by atoms with van der Waals surface area (Å²) in [6, 6.07) is 3.99. The van der Waals surface area contributed by atoms with Gasteiger partial charge in [-0.1, -0.05) is 0 Å². The van der Waals surface area contributed by atoms with Gasteiger partial charge >= 0.3 is 0 Å². The van der Waals surface area contributed by atoms with Crippen LogP contribution in [0.4, 0.5) is 4.39 Å². The first-order chi connectivity index (χ1) is 8.15. The lowest BCUT2D eigenvalue weighted by atomic mass is 10.2. The standard InChI is InChI=1S/C12H16FNO3/c1-2-14-12(16)3-4-17-11-6-9(8-15)5-10(13)7-11/h5-7,15H,2-4,8H2,1H3,(H,14,16). The quantitative estimate of drug-likeness (QED) is 0.787. The van der Waals surface area contributed by atoms with Crippen LogP contribution in [0.1, 0.15) is 18.9 Å². The Balaban J connectivity index is 2.46. The van der Waals surface area contributed by atoms with Crippen molar-refractivity contribution in [3.8, 4) is 5.75 Å². The van der Waals surface area contributed by atoms with Crippen molar-refractivity contribution in [2.45, 2.75) is 20.0 Å². The van der Waals surface area contributed by atoms with Crippen LogP contribution in [-0.4, -0.2) is 24.2 Å². The van der Waals surface area contributed by atoms with Gasteiger partial charge in [0, 0.05) is 12.6 Å². The molecule has 0 aliphatic heterocycles. The fourth-order valence-electron chi connectivity index (χ4n) is 1.34. The Hall–Kier alpha value is -1.62. The zero-order valence-electron chi connectivity index (χ0n) is 9.70. The number of halogens is 1. The third kappa shape index (κ3) is 4.82. The van der Waals surface area contributed by atoms with Crippen LogP contribution >= 0.6 is 0 Å². The van der Waals surface area contributed by atoms with Crippen molar-refractivity contribution in [2.75, 3.05) is 13.2 Å². The summed E-state index contributed by atoms with van der Waals surface area (Å²) in [5, 5.41) is 11.5. The molecular formula is C12H16FNO3. The summed E-state index contributed by atoms with van der Waals surface area (Å²) in [6.07, 6.45) is 0.221. The number of nitrogens with one attached hydrogen (secondary N) is 1. The zero-order valence-corrected chi connectivity index (χ0v) is 9.70. The highest BCUT2D eigenvalue weighted by Gasteiger charge is 2.03. The third-order valence-electron chi connectivity index (χ3n) is 2.09. The molecule has 0 unspecified atom stereocenters. The number of aliphatic hydroxyl groups is 1. The van der Waals surface area contributed by atoms with Gasteiger partial charge in [-0.15, -0.1) is 0 Å². The molecule has 0 aliphatic carbocycles. The normalized spacial score (nSPS) is 10.1. The highest BCUT2D eigenvalue weighted by Crippen LogP contribution is 2.16. The van der Waals surface area contributed by atoms with Gasteiger partial charge in [0.05, 0.1) is 19.6 Å². The Morgan fingerprint density at radius 3 is 2.88 bits per heavy atom. The number of ether oxygens (including phenoxy) is 1. The summed E-state index contributed by atoms with van der Waals surface area (Å²) >= 11 is 0. The van der Waals surface area contributed by atoms with E-state index in [-0.39, 0.29) is 25.5 Å². The van der Waals surface area contributed by atoms with E-state index in [1.807, 2.05) is 6.92 Å². The minimum atomic E-state index is -0.468. The van der Waals surface area contributed by atoms with E-state index < -0.39 is 5.82 Å². The third-order valence-corrected chi connectivity index (χ3v) is 2.09. The van der Waals surface area contributed by atoms with Gasteiger partial charge in [-0.25, -0.2) is 4.39 Å². The van der Waals surface area contributed by atoms with Crippen molar-refractivity contribution in [3.63, 3.8) is 0 Å². The van der Waals surface area contributed by atoms with Crippen LogP contribution in [0.3, 0.4) is 0 Å². The van der Waals surface area contributed by atoms with E-state index in [2.05, 4.69) is 5.32 Å². The maximum absolute atomic E-state index is 13.1. The van der Waals surface area contributed by atoms with E-state index >= 15 is 0 Å². The molecule has 0 bridgehead atoms. The average molecular weight is 241 g/mol. The maximum atomic E-state index is 13.1. The number of carbonyl (C=O) groups is 1. The lowest BCUT2D eigenvalue weighted by Gasteiger charge is -2.07. The van der Waals surface area contributed by atoms with Gasteiger partial charge in [0.25, 0.3) is 0 Å². The van der Waals surface area contributed by atoms with E-state index in [0.717, 1.165) is 0 Å². The van der Waals surface area contributed by atoms with Gasteiger partial charge in [-0.05, 0) is 24.6 Å². The van der Waals surface area contributed by atoms with Gasteiger partial charge in [-0.2, -0.15) is 0 Å². The molecule has 94 valence electrons. The number of hydrogen-bond acceptors (Lipinski definition) is 3. The van der Waals surface area contributed by atoms with Crippen molar-refractivity contribution in [1.29, 1.82) is 0 Å². The predicted octanol–water partition coefficient (Wildman–Crippen LogP) is 1.22. The molecule has 17 heavy (non-hydrogen) atoms. The van der Waals surface area contributed by atoms with Gasteiger partial charge in [-0.3, -0.25) is 4.79 Å². The van der Waals surface area contributed by atoms with Crippen LogP contribution in [0, 0.1) is 5.82 Å². The van der Waals surface area contributed by atoms with Crippen LogP contribution in [0.15, 0.2) is 18.2 Å². The number of carbonyl (C=O) groups excluding carboxylic acids is 1. The minimum absolute atomic E-state index is 0.105. The number of amides is 1. The van der Waals surface area contributed by atoms with Gasteiger partial charge < -0.3 is 15.2 Å². The van der Waals surface area contributed by atoms with Crippen LogP contribution in [-0.2, 0) is 11.4 Å². The molecule has 0 atom stereocenters. The molecule has 0 saturated carbocycles. The number of benzene rings is 1. The van der Waals surface area contributed by atoms with Crippen LogP contribution in [0.25, 0.3) is 0 Å². The molecule has 4 nitrogen and oxygen atoms in total. The highest BCUT2D eigenvalue weighted by molar-refractivity contribution is 5.75. The average Bonchev–Trinajstić information content (AvgIpc) is 2.28. The van der Waals surface area contributed by atoms with Crippen molar-refractivity contribution < 1.29 is 19.0 Å². The van der Waals surface area contributed by atoms with Crippen molar-refractivity contribution in [3.05, 3.63) is 29.6 Å². The molecular weight excluding hydrogens is 225 g/mol. The molecule has 0 aliphatic rings. The number of rotatable bonds is 6. The van der Waals surface area contributed by atoms with E-state index in [4.69, 9.17) is 9.84 Å². The fourth-order valence-corrected chi connectivity index (χ4v) is 1.34. The van der Waals surface area contributed by atoms with Gasteiger partial charge in [0.1, 0.15) is 11.6 Å². The van der Waals surface area contributed by atoms with E-state index in [9.17, 15) is 9.18 Å². The minimum Gasteiger partial charge on any atom is -0.493 e. The summed E-state index contributed by atoms with van der Waals surface area (Å²) < 4.78 is 18.3. The first-order valence-electron chi connectivity index (χ1n) is 5.45. The molecule has 1 aromatic rings. The van der Waals surface area contributed by atoms with Crippen molar-refractivity contribution in [2.24, 2.45) is 0 Å². The topological polar surface area (TPSA) is 58.6 Å². The molecule has 0 saturated heterocycles. The Bertz CT molecular complexity index is 382. The second kappa shape index (κ2) is 6.85. The van der Waals surface area contributed by atoms with E-state index in [0.29, 0.717) is 17.9 Å². The fraction of sp³-hybridized carbons (Fsp3) is 0.417. The molecule has 1 aromatic carbocycles.